The number of fused-ring (bicyclic) bond motifs is 1. The zero-order chi connectivity index (χ0) is 72.3. The van der Waals surface area contributed by atoms with E-state index in [1.54, 1.807) is 60.8 Å². The van der Waals surface area contributed by atoms with Crippen molar-refractivity contribution in [3.05, 3.63) is 102 Å². The van der Waals surface area contributed by atoms with Crippen LogP contribution in [0.2, 0.25) is 0 Å². The predicted molar refractivity (Wildman–Crippen MR) is 347 cm³/mol. The maximum absolute atomic E-state index is 14.5. The van der Waals surface area contributed by atoms with E-state index in [0.717, 1.165) is 6.92 Å². The van der Waals surface area contributed by atoms with Gasteiger partial charge in [-0.25, -0.2) is 0 Å². The molecule has 4 aromatic rings. The fourth-order valence-corrected chi connectivity index (χ4v) is 10.1. The first-order valence-electron chi connectivity index (χ1n) is 31.0. The van der Waals surface area contributed by atoms with Crippen LogP contribution in [-0.2, 0) is 86.4 Å². The summed E-state index contributed by atoms with van der Waals surface area (Å²) in [6, 6.07) is 4.14. The number of aliphatic hydroxyl groups is 3. The number of aromatic nitrogens is 1. The van der Waals surface area contributed by atoms with E-state index in [2.05, 4.69) is 68.5 Å². The second-order valence-corrected chi connectivity index (χ2v) is 23.2. The van der Waals surface area contributed by atoms with E-state index in [4.69, 9.17) is 28.7 Å². The molecule has 1 aliphatic rings. The number of guanidine groups is 1. The van der Waals surface area contributed by atoms with Crippen LogP contribution in [0, 0.1) is 0 Å². The number of para-hydroxylation sites is 1. The number of nitrogens with zero attached hydrogens (tertiary/aromatic N) is 1. The van der Waals surface area contributed by atoms with Crippen molar-refractivity contribution in [2.45, 2.75) is 151 Å². The van der Waals surface area contributed by atoms with E-state index in [9.17, 15) is 87.5 Å². The van der Waals surface area contributed by atoms with Gasteiger partial charge in [-0.15, -0.1) is 0 Å². The van der Waals surface area contributed by atoms with E-state index >= 15 is 0 Å². The number of primary amides is 3. The van der Waals surface area contributed by atoms with Gasteiger partial charge in [0.25, 0.3) is 0 Å². The number of aromatic hydroxyl groups is 1. The monoisotopic (exact) mass is 1370 g/mol. The first-order valence-corrected chi connectivity index (χ1v) is 31.0. The fraction of sp³-hybridized carbons (Fsp3) is 0.435. The van der Waals surface area contributed by atoms with Gasteiger partial charge < -0.3 is 113 Å². The molecule has 5 rings (SSSR count). The van der Waals surface area contributed by atoms with E-state index in [1.807, 2.05) is 0 Å². The summed E-state index contributed by atoms with van der Waals surface area (Å²) in [7, 11) is 0. The minimum Gasteiger partial charge on any atom is -0.508 e. The first kappa shape index (κ1) is 77.4. The third kappa shape index (κ3) is 24.8. The first-order chi connectivity index (χ1) is 46.4. The lowest BCUT2D eigenvalue weighted by Crippen LogP contribution is -2.61. The topological polar surface area (TPSA) is 610 Å². The van der Waals surface area contributed by atoms with Crippen LogP contribution >= 0.6 is 0 Å². The van der Waals surface area contributed by atoms with Gasteiger partial charge in [0, 0.05) is 55.7 Å². The smallest absolute Gasteiger partial charge is 0.245 e. The van der Waals surface area contributed by atoms with Crippen LogP contribution in [0.3, 0.4) is 0 Å². The molecular weight excluding hydrogens is 1280 g/mol. The number of carbonyl (C=O) groups excluding carboxylic acids is 14. The van der Waals surface area contributed by atoms with E-state index in [1.165, 1.54) is 31.2 Å². The maximum Gasteiger partial charge on any atom is 0.245 e. The molecule has 0 saturated carbocycles. The molecule has 26 N–H and O–H groups in total. The van der Waals surface area contributed by atoms with Gasteiger partial charge in [-0.3, -0.25) is 72.1 Å². The highest BCUT2D eigenvalue weighted by Crippen LogP contribution is 2.20. The van der Waals surface area contributed by atoms with Crippen LogP contribution in [0.15, 0.2) is 90.1 Å². The molecule has 0 bridgehead atoms. The number of amides is 14. The van der Waals surface area contributed by atoms with Crippen LogP contribution in [0.25, 0.3) is 10.9 Å². The van der Waals surface area contributed by atoms with E-state index in [0.29, 0.717) is 27.6 Å². The molecular formula is C62H84N18O18. The minimum atomic E-state index is -1.92. The lowest BCUT2D eigenvalue weighted by Gasteiger charge is -2.28. The molecule has 12 atom stereocenters. The Hall–Kier alpha value is -11.3. The molecule has 3 aromatic carbocycles. The molecule has 2 heterocycles. The fourth-order valence-electron chi connectivity index (χ4n) is 10.1. The summed E-state index contributed by atoms with van der Waals surface area (Å²) in [6.45, 7) is 0.186. The Balaban J connectivity index is 1.36. The van der Waals surface area contributed by atoms with Gasteiger partial charge in [-0.1, -0.05) is 60.7 Å². The Morgan fingerprint density at radius 1 is 0.561 bits per heavy atom. The van der Waals surface area contributed by atoms with Gasteiger partial charge in [-0.2, -0.15) is 0 Å². The Morgan fingerprint density at radius 3 is 1.63 bits per heavy atom. The molecule has 530 valence electrons. The number of aromatic amines is 1. The zero-order valence-electron chi connectivity index (χ0n) is 53.5. The number of benzene rings is 3. The largest absolute Gasteiger partial charge is 0.508 e. The molecule has 0 unspecified atom stereocenters. The number of nitrogens with two attached hydrogens (primary N) is 5. The molecule has 1 aromatic heterocycles. The van der Waals surface area contributed by atoms with Gasteiger partial charge >= 0.3 is 0 Å². The summed E-state index contributed by atoms with van der Waals surface area (Å²) >= 11 is 0. The third-order valence-electron chi connectivity index (χ3n) is 15.3. The molecule has 1 saturated heterocycles. The van der Waals surface area contributed by atoms with E-state index in [-0.39, 0.29) is 56.8 Å². The lowest BCUT2D eigenvalue weighted by atomic mass is 10.0. The van der Waals surface area contributed by atoms with Gasteiger partial charge in [0.15, 0.2) is 5.96 Å². The predicted octanol–water partition coefficient (Wildman–Crippen LogP) is -7.91. The standard InChI is InChI=1S/C62H84N18O18/c1-30(82)50(60(97)75-41(52(65)89)26-47(64)86)80-58(95)44(25-34-27-69-37-12-7-6-11-36(34)37)72-49(88)28-70-53(90)38(13-8-22-68-62(66)67)73-59(96)45(29-81)78-57(94)42(24-33-14-16-35(84)17-15-33)76-54(91)40(18-20-46(63)85)74-56(93)43(23-32-9-4-3-5-10-32)77-61(98)51(31(2)83)79-55(92)39-19-21-48(87)71-39/h3-7,9-12,14-17,27,30-31,38-45,50-51,69,81-84H,8,13,18-26,28-29H2,1-2H3,(H2,63,85)(H2,64,86)(H2,65,89)(H,70,90)(H,71,87)(H,72,88)(H,73,96)(H,74,93)(H,75,97)(H,76,91)(H,77,98)(H,78,94)(H,79,92)(H,80,95)(H4,66,67,68)/t30-,31-,38+,39+,40+,41+,42+,43-,44+,45+,50+,51+/m1/s1. The number of rotatable bonds is 39. The van der Waals surface area contributed by atoms with E-state index < -0.39 is 194 Å². The molecule has 98 heavy (non-hydrogen) atoms. The second-order valence-electron chi connectivity index (χ2n) is 23.2. The molecule has 0 aliphatic carbocycles. The van der Waals surface area contributed by atoms with Gasteiger partial charge in [0.05, 0.1) is 31.8 Å². The summed E-state index contributed by atoms with van der Waals surface area (Å²) < 4.78 is 0. The van der Waals surface area contributed by atoms with Gasteiger partial charge in [-0.05, 0) is 74.4 Å². The quantitative estimate of drug-likeness (QED) is 0.0112. The number of hydrogen-bond acceptors (Lipinski definition) is 19. The van der Waals surface area contributed by atoms with Crippen molar-refractivity contribution >= 4 is 99.6 Å². The summed E-state index contributed by atoms with van der Waals surface area (Å²) in [6.07, 6.45) is -4.45. The molecule has 0 radical (unpaired) electrons. The highest BCUT2D eigenvalue weighted by Gasteiger charge is 2.38. The highest BCUT2D eigenvalue weighted by atomic mass is 16.3. The summed E-state index contributed by atoms with van der Waals surface area (Å²) in [5.41, 5.74) is 28.9. The van der Waals surface area contributed by atoms with Crippen molar-refractivity contribution in [1.29, 1.82) is 0 Å². The molecule has 36 heteroatoms. The van der Waals surface area contributed by atoms with Crippen LogP contribution in [-0.4, -0.2) is 206 Å². The molecule has 36 nitrogen and oxygen atoms in total. The maximum atomic E-state index is 14.5. The molecule has 14 amide bonds. The molecule has 0 spiro atoms. The Kier molecular flexibility index (Phi) is 29.8. The number of nitrogens with one attached hydrogen (secondary N) is 12. The number of phenols is 1. The minimum absolute atomic E-state index is 0.0112. The number of carbonyl (C=O) groups is 14. The van der Waals surface area contributed by atoms with Crippen molar-refractivity contribution in [1.82, 2.24) is 63.5 Å². The Labute approximate surface area is 560 Å². The van der Waals surface area contributed by atoms with Crippen molar-refractivity contribution < 1.29 is 87.5 Å². The van der Waals surface area contributed by atoms with Crippen molar-refractivity contribution in [3.63, 3.8) is 0 Å². The van der Waals surface area contributed by atoms with Crippen molar-refractivity contribution in [3.8, 4) is 5.75 Å². The summed E-state index contributed by atoms with van der Waals surface area (Å²) in [5, 5.41) is 69.0. The summed E-state index contributed by atoms with van der Waals surface area (Å²) in [5.74, 6) is -14.6. The zero-order valence-corrected chi connectivity index (χ0v) is 53.5. The molecule has 1 fully saturated rings. The summed E-state index contributed by atoms with van der Waals surface area (Å²) in [4.78, 5) is 194. The Bertz CT molecular complexity index is 3550. The van der Waals surface area contributed by atoms with Crippen LogP contribution in [0.5, 0.6) is 5.75 Å². The number of H-pyrrole nitrogens is 1. The normalized spacial score (nSPS) is 15.9. The van der Waals surface area contributed by atoms with Gasteiger partial charge in [0.2, 0.25) is 82.7 Å². The van der Waals surface area contributed by atoms with Crippen molar-refractivity contribution in [2.75, 3.05) is 19.7 Å². The number of hydrogen-bond donors (Lipinski definition) is 21. The molecule has 1 aliphatic heterocycles. The SMILES string of the molecule is C[C@@H](O)[C@H](NC(=O)[C@H](Cc1c[nH]c2ccccc12)NC(=O)CNC(=O)[C@H](CCCN=C(N)N)NC(=O)[C@H](CO)NC(=O)[C@H](Cc1ccc(O)cc1)NC(=O)[C@H](CCC(N)=O)NC(=O)[C@@H](Cc1ccccc1)NC(=O)[C@@H](NC(=O)[C@@H]1CCC(=O)N1)[C@@H](C)O)C(=O)N[C@@H](CC(N)=O)C(N)=O. The lowest BCUT2D eigenvalue weighted by molar-refractivity contribution is -0.136. The van der Waals surface area contributed by atoms with Crippen molar-refractivity contribution in [2.24, 2.45) is 33.7 Å². The van der Waals surface area contributed by atoms with Crippen LogP contribution in [0.1, 0.15) is 75.5 Å². The number of aliphatic hydroxyl groups excluding tert-OH is 3. The Morgan fingerprint density at radius 2 is 1.07 bits per heavy atom. The van der Waals surface area contributed by atoms with Crippen LogP contribution < -0.4 is 87.2 Å². The van der Waals surface area contributed by atoms with Gasteiger partial charge in [0.1, 0.15) is 66.2 Å². The highest BCUT2D eigenvalue weighted by molar-refractivity contribution is 6.00. The number of phenolic OH excluding ortho intramolecular Hbond substituents is 1. The average Bonchev–Trinajstić information content (AvgIpc) is 1.60. The van der Waals surface area contributed by atoms with Crippen LogP contribution in [0.4, 0.5) is 0 Å². The number of aliphatic imine (C=N–C) groups is 1. The second kappa shape index (κ2) is 37.7. The third-order valence-corrected chi connectivity index (χ3v) is 15.3. The average molecular weight is 1370 g/mol.